The fraction of sp³-hybridized carbons (Fsp3) is 0.400. The number of amides is 1. The van der Waals surface area contributed by atoms with Gasteiger partial charge in [0.05, 0.1) is 24.9 Å². The minimum absolute atomic E-state index is 0.00565. The molecule has 1 aliphatic heterocycles. The summed E-state index contributed by atoms with van der Waals surface area (Å²) in [5.74, 6) is -0.127. The predicted octanol–water partition coefficient (Wildman–Crippen LogP) is 0.239. The van der Waals surface area contributed by atoms with Crippen molar-refractivity contribution in [2.24, 2.45) is 0 Å². The van der Waals surface area contributed by atoms with E-state index >= 15 is 0 Å². The number of hydrogen-bond acceptors (Lipinski definition) is 5. The molecule has 3 rings (SSSR count). The van der Waals surface area contributed by atoms with Crippen molar-refractivity contribution in [3.05, 3.63) is 48.3 Å². The second-order valence-corrected chi connectivity index (χ2v) is 5.29. The summed E-state index contributed by atoms with van der Waals surface area (Å²) in [6.45, 7) is 1.11. The zero-order chi connectivity index (χ0) is 15.4. The molecule has 1 aromatic heterocycles. The monoisotopic (exact) mass is 302 g/mol. The largest absolute Gasteiger partial charge is 0.389 e. The normalized spacial score (nSPS) is 21.2. The summed E-state index contributed by atoms with van der Waals surface area (Å²) in [7, 11) is 0. The molecule has 1 saturated heterocycles. The van der Waals surface area contributed by atoms with Crippen molar-refractivity contribution in [1.29, 1.82) is 0 Å². The minimum atomic E-state index is -0.639. The molecule has 2 aromatic rings. The Bertz CT molecular complexity index is 603. The number of benzene rings is 1. The maximum atomic E-state index is 12.1. The molecule has 1 aliphatic rings. The lowest BCUT2D eigenvalue weighted by Crippen LogP contribution is -2.32. The molecule has 1 amide bonds. The lowest BCUT2D eigenvalue weighted by Gasteiger charge is -2.16. The van der Waals surface area contributed by atoms with Gasteiger partial charge in [0.25, 0.3) is 0 Å². The summed E-state index contributed by atoms with van der Waals surface area (Å²) in [5.41, 5.74) is 1.03. The van der Waals surface area contributed by atoms with Crippen molar-refractivity contribution in [2.45, 2.75) is 18.8 Å². The van der Waals surface area contributed by atoms with Gasteiger partial charge in [0.15, 0.2) is 0 Å². The molecule has 0 aliphatic carbocycles. The van der Waals surface area contributed by atoms with E-state index in [4.69, 9.17) is 4.74 Å². The van der Waals surface area contributed by atoms with Gasteiger partial charge >= 0.3 is 0 Å². The zero-order valence-electron chi connectivity index (χ0n) is 12.1. The van der Waals surface area contributed by atoms with E-state index in [9.17, 15) is 9.90 Å². The molecule has 0 unspecified atom stereocenters. The standard InChI is InChI=1S/C15H18N4O3/c20-14-9-18(8-13(14)19-7-6-16-17-19)15(21)11-22-10-12-4-2-1-3-5-12/h1-7,13-14,20H,8-11H2/t13-,14-/m1/s1. The van der Waals surface area contributed by atoms with Crippen LogP contribution in [0.3, 0.4) is 0 Å². The highest BCUT2D eigenvalue weighted by Crippen LogP contribution is 2.21. The van der Waals surface area contributed by atoms with E-state index in [1.807, 2.05) is 30.3 Å². The topological polar surface area (TPSA) is 80.5 Å². The summed E-state index contributed by atoms with van der Waals surface area (Å²) in [6, 6.07) is 9.45. The Labute approximate surface area is 128 Å². The predicted molar refractivity (Wildman–Crippen MR) is 77.7 cm³/mol. The third-order valence-corrected chi connectivity index (χ3v) is 3.73. The summed E-state index contributed by atoms with van der Waals surface area (Å²) in [4.78, 5) is 13.7. The summed E-state index contributed by atoms with van der Waals surface area (Å²) in [6.07, 6.45) is 2.60. The smallest absolute Gasteiger partial charge is 0.248 e. The maximum absolute atomic E-state index is 12.1. The first-order valence-corrected chi connectivity index (χ1v) is 7.17. The molecule has 7 heteroatoms. The summed E-state index contributed by atoms with van der Waals surface area (Å²) >= 11 is 0. The van der Waals surface area contributed by atoms with Crippen molar-refractivity contribution < 1.29 is 14.6 Å². The number of hydrogen-bond donors (Lipinski definition) is 1. The number of nitrogens with zero attached hydrogens (tertiary/aromatic N) is 4. The molecule has 2 heterocycles. The van der Waals surface area contributed by atoms with Crippen LogP contribution in [0.2, 0.25) is 0 Å². The second-order valence-electron chi connectivity index (χ2n) is 5.29. The quantitative estimate of drug-likeness (QED) is 0.856. The molecule has 0 bridgehead atoms. The molecule has 2 atom stereocenters. The SMILES string of the molecule is O=C(COCc1ccccc1)N1C[C@@H](O)[C@H](n2ccnn2)C1. The molecule has 22 heavy (non-hydrogen) atoms. The highest BCUT2D eigenvalue weighted by molar-refractivity contribution is 5.77. The Balaban J connectivity index is 1.49. The van der Waals surface area contributed by atoms with Crippen LogP contribution < -0.4 is 0 Å². The van der Waals surface area contributed by atoms with Crippen LogP contribution in [0, 0.1) is 0 Å². The zero-order valence-corrected chi connectivity index (χ0v) is 12.1. The van der Waals surface area contributed by atoms with Crippen molar-refractivity contribution in [2.75, 3.05) is 19.7 Å². The highest BCUT2D eigenvalue weighted by atomic mass is 16.5. The van der Waals surface area contributed by atoms with Gasteiger partial charge in [0.1, 0.15) is 6.61 Å². The fourth-order valence-electron chi connectivity index (χ4n) is 2.55. The Morgan fingerprint density at radius 3 is 2.86 bits per heavy atom. The van der Waals surface area contributed by atoms with Crippen molar-refractivity contribution in [1.82, 2.24) is 19.9 Å². The van der Waals surface area contributed by atoms with Crippen LogP contribution in [-0.2, 0) is 16.1 Å². The van der Waals surface area contributed by atoms with E-state index in [1.165, 1.54) is 0 Å². The number of aromatic nitrogens is 3. The van der Waals surface area contributed by atoms with E-state index in [2.05, 4.69) is 10.3 Å². The van der Waals surface area contributed by atoms with Gasteiger partial charge in [-0.15, -0.1) is 5.10 Å². The Morgan fingerprint density at radius 2 is 2.14 bits per heavy atom. The van der Waals surface area contributed by atoms with Crippen LogP contribution in [0.25, 0.3) is 0 Å². The van der Waals surface area contributed by atoms with E-state index in [0.717, 1.165) is 5.56 Å². The van der Waals surface area contributed by atoms with E-state index in [-0.39, 0.29) is 25.1 Å². The number of carbonyl (C=O) groups excluding carboxylic acids is 1. The molecule has 1 fully saturated rings. The number of aliphatic hydroxyl groups is 1. The first-order chi connectivity index (χ1) is 10.7. The summed E-state index contributed by atoms with van der Waals surface area (Å²) in [5, 5.41) is 17.7. The van der Waals surface area contributed by atoms with Gasteiger partial charge in [0, 0.05) is 19.3 Å². The third kappa shape index (κ3) is 3.32. The Morgan fingerprint density at radius 1 is 1.32 bits per heavy atom. The average Bonchev–Trinajstić information content (AvgIpc) is 3.17. The lowest BCUT2D eigenvalue weighted by molar-refractivity contribution is -0.135. The van der Waals surface area contributed by atoms with Crippen molar-refractivity contribution >= 4 is 5.91 Å². The minimum Gasteiger partial charge on any atom is -0.389 e. The fourth-order valence-corrected chi connectivity index (χ4v) is 2.55. The molecule has 116 valence electrons. The van der Waals surface area contributed by atoms with E-state index in [0.29, 0.717) is 13.2 Å². The van der Waals surface area contributed by atoms with Crippen LogP contribution in [0.1, 0.15) is 11.6 Å². The number of carbonyl (C=O) groups is 1. The van der Waals surface area contributed by atoms with Crippen LogP contribution in [0.5, 0.6) is 0 Å². The highest BCUT2D eigenvalue weighted by Gasteiger charge is 2.35. The van der Waals surface area contributed by atoms with Crippen molar-refractivity contribution in [3.63, 3.8) is 0 Å². The Kier molecular flexibility index (Phi) is 4.45. The lowest BCUT2D eigenvalue weighted by atomic mass is 10.2. The van der Waals surface area contributed by atoms with Gasteiger partial charge in [-0.1, -0.05) is 35.5 Å². The molecular formula is C15H18N4O3. The van der Waals surface area contributed by atoms with E-state index in [1.54, 1.807) is 22.0 Å². The first kappa shape index (κ1) is 14.7. The second kappa shape index (κ2) is 6.67. The van der Waals surface area contributed by atoms with Crippen LogP contribution in [0.4, 0.5) is 0 Å². The van der Waals surface area contributed by atoms with E-state index < -0.39 is 6.10 Å². The molecule has 1 aromatic carbocycles. The third-order valence-electron chi connectivity index (χ3n) is 3.73. The van der Waals surface area contributed by atoms with Gasteiger partial charge in [-0.3, -0.25) is 4.79 Å². The van der Waals surface area contributed by atoms with Gasteiger partial charge in [-0.25, -0.2) is 4.68 Å². The van der Waals surface area contributed by atoms with Gasteiger partial charge < -0.3 is 14.7 Å². The van der Waals surface area contributed by atoms with Crippen LogP contribution in [0.15, 0.2) is 42.7 Å². The number of ether oxygens (including phenoxy) is 1. The average molecular weight is 302 g/mol. The van der Waals surface area contributed by atoms with Crippen molar-refractivity contribution in [3.8, 4) is 0 Å². The molecular weight excluding hydrogens is 284 g/mol. The number of β-amino-alcohol motifs (C(OH)–C–C–N with tert-alkyl or cyclic N) is 1. The number of rotatable bonds is 5. The van der Waals surface area contributed by atoms with Crippen LogP contribution in [-0.4, -0.2) is 56.7 Å². The Hall–Kier alpha value is -2.25. The van der Waals surface area contributed by atoms with Gasteiger partial charge in [-0.05, 0) is 5.56 Å². The number of aliphatic hydroxyl groups excluding tert-OH is 1. The molecule has 0 spiro atoms. The molecule has 0 radical (unpaired) electrons. The number of likely N-dealkylation sites (tertiary alicyclic amines) is 1. The van der Waals surface area contributed by atoms with Gasteiger partial charge in [-0.2, -0.15) is 0 Å². The maximum Gasteiger partial charge on any atom is 0.248 e. The molecule has 0 saturated carbocycles. The van der Waals surface area contributed by atoms with Crippen LogP contribution >= 0.6 is 0 Å². The summed E-state index contributed by atoms with van der Waals surface area (Å²) < 4.78 is 7.03. The van der Waals surface area contributed by atoms with Gasteiger partial charge in [0.2, 0.25) is 5.91 Å². The molecule has 7 nitrogen and oxygen atoms in total. The first-order valence-electron chi connectivity index (χ1n) is 7.17. The molecule has 1 N–H and O–H groups in total.